The number of rotatable bonds is 4. The Morgan fingerprint density at radius 1 is 1.38 bits per heavy atom. The van der Waals surface area contributed by atoms with Gasteiger partial charge in [0.1, 0.15) is 5.69 Å². The SMILES string of the molecule is CCOC(=O)C1CC12CCN(c1c(F)cc([N+](=O)[O-])cc1F)CC2. The van der Waals surface area contributed by atoms with Crippen LogP contribution in [0, 0.1) is 33.1 Å². The van der Waals surface area contributed by atoms with E-state index in [4.69, 9.17) is 4.74 Å². The zero-order chi connectivity index (χ0) is 17.5. The molecule has 1 heterocycles. The van der Waals surface area contributed by atoms with Crippen LogP contribution in [0.25, 0.3) is 0 Å². The van der Waals surface area contributed by atoms with Crippen molar-refractivity contribution in [3.8, 4) is 0 Å². The smallest absolute Gasteiger partial charge is 0.309 e. The summed E-state index contributed by atoms with van der Waals surface area (Å²) >= 11 is 0. The van der Waals surface area contributed by atoms with Crippen molar-refractivity contribution in [1.82, 2.24) is 0 Å². The first-order valence-corrected chi connectivity index (χ1v) is 7.93. The molecule has 0 radical (unpaired) electrons. The molecular weight excluding hydrogens is 322 g/mol. The maximum absolute atomic E-state index is 14.1. The predicted molar refractivity (Wildman–Crippen MR) is 81.6 cm³/mol. The fraction of sp³-hybridized carbons (Fsp3) is 0.562. The average molecular weight is 340 g/mol. The fourth-order valence-corrected chi connectivity index (χ4v) is 3.61. The molecule has 0 N–H and O–H groups in total. The Hall–Kier alpha value is -2.25. The van der Waals surface area contributed by atoms with Crippen LogP contribution >= 0.6 is 0 Å². The number of nitro groups is 1. The molecule has 1 atom stereocenters. The molecular formula is C16H18F2N2O4. The molecule has 0 aromatic heterocycles. The van der Waals surface area contributed by atoms with E-state index in [0.717, 1.165) is 18.6 Å². The number of anilines is 1. The number of ether oxygens (including phenoxy) is 1. The second-order valence-corrected chi connectivity index (χ2v) is 6.37. The molecule has 0 bridgehead atoms. The van der Waals surface area contributed by atoms with E-state index in [9.17, 15) is 23.7 Å². The average Bonchev–Trinajstić information content (AvgIpc) is 3.22. The van der Waals surface area contributed by atoms with Gasteiger partial charge in [-0.05, 0) is 31.6 Å². The van der Waals surface area contributed by atoms with Crippen molar-refractivity contribution in [3.05, 3.63) is 33.9 Å². The van der Waals surface area contributed by atoms with Crippen LogP contribution in [0.4, 0.5) is 20.2 Å². The van der Waals surface area contributed by atoms with Crippen molar-refractivity contribution < 1.29 is 23.2 Å². The van der Waals surface area contributed by atoms with Gasteiger partial charge in [-0.1, -0.05) is 0 Å². The summed E-state index contributed by atoms with van der Waals surface area (Å²) in [5, 5.41) is 10.7. The number of esters is 1. The highest BCUT2D eigenvalue weighted by molar-refractivity contribution is 5.77. The zero-order valence-corrected chi connectivity index (χ0v) is 13.3. The van der Waals surface area contributed by atoms with Gasteiger partial charge in [0, 0.05) is 13.1 Å². The number of nitro benzene ring substituents is 1. The first kappa shape index (κ1) is 16.6. The summed E-state index contributed by atoms with van der Waals surface area (Å²) in [5.74, 6) is -2.18. The molecule has 24 heavy (non-hydrogen) atoms. The van der Waals surface area contributed by atoms with E-state index in [-0.39, 0.29) is 23.0 Å². The molecule has 1 saturated carbocycles. The standard InChI is InChI=1S/C16H18F2N2O4/c1-2-24-15(21)11-9-16(11)3-5-19(6-4-16)14-12(17)7-10(20(22)23)8-13(14)18/h7-8,11H,2-6,9H2,1H3. The molecule has 130 valence electrons. The summed E-state index contributed by atoms with van der Waals surface area (Å²) in [6.45, 7) is 2.91. The van der Waals surface area contributed by atoms with Crippen LogP contribution in [-0.2, 0) is 9.53 Å². The summed E-state index contributed by atoms with van der Waals surface area (Å²) in [6.07, 6.45) is 2.05. The van der Waals surface area contributed by atoms with E-state index in [1.807, 2.05) is 0 Å². The zero-order valence-electron chi connectivity index (χ0n) is 13.3. The number of piperidine rings is 1. The van der Waals surface area contributed by atoms with E-state index < -0.39 is 22.2 Å². The molecule has 0 amide bonds. The number of carbonyl (C=O) groups is 1. The lowest BCUT2D eigenvalue weighted by Gasteiger charge is -2.34. The molecule has 6 nitrogen and oxygen atoms in total. The molecule has 2 aliphatic rings. The van der Waals surface area contributed by atoms with Crippen LogP contribution in [0.15, 0.2) is 12.1 Å². The molecule has 1 aliphatic carbocycles. The summed E-state index contributed by atoms with van der Waals surface area (Å²) in [5.41, 5.74) is -0.952. The second kappa shape index (κ2) is 5.99. The number of hydrogen-bond donors (Lipinski definition) is 0. The minimum Gasteiger partial charge on any atom is -0.466 e. The van der Waals surface area contributed by atoms with Crippen LogP contribution in [0.5, 0.6) is 0 Å². The van der Waals surface area contributed by atoms with E-state index >= 15 is 0 Å². The van der Waals surface area contributed by atoms with E-state index in [1.165, 1.54) is 0 Å². The Kier molecular flexibility index (Phi) is 4.15. The first-order chi connectivity index (χ1) is 11.4. The molecule has 1 aromatic rings. The highest BCUT2D eigenvalue weighted by Crippen LogP contribution is 2.60. The fourth-order valence-electron chi connectivity index (χ4n) is 3.61. The number of non-ortho nitro benzene ring substituents is 1. The third kappa shape index (κ3) is 2.81. The van der Waals surface area contributed by atoms with Crippen molar-refractivity contribution in [2.24, 2.45) is 11.3 Å². The maximum Gasteiger partial charge on any atom is 0.309 e. The van der Waals surface area contributed by atoms with Gasteiger partial charge in [0.15, 0.2) is 11.6 Å². The number of halogens is 2. The first-order valence-electron chi connectivity index (χ1n) is 7.93. The van der Waals surface area contributed by atoms with Gasteiger partial charge in [-0.2, -0.15) is 0 Å². The molecule has 8 heteroatoms. The summed E-state index contributed by atoms with van der Waals surface area (Å²) in [7, 11) is 0. The molecule has 1 aromatic carbocycles. The minimum absolute atomic E-state index is 0.115. The van der Waals surface area contributed by atoms with Crippen LogP contribution in [0.1, 0.15) is 26.2 Å². The van der Waals surface area contributed by atoms with Crippen LogP contribution in [0.2, 0.25) is 0 Å². The lowest BCUT2D eigenvalue weighted by atomic mass is 9.90. The Bertz CT molecular complexity index is 664. The highest BCUT2D eigenvalue weighted by atomic mass is 19.1. The van der Waals surface area contributed by atoms with Crippen molar-refractivity contribution in [1.29, 1.82) is 0 Å². The van der Waals surface area contributed by atoms with Gasteiger partial charge in [-0.15, -0.1) is 0 Å². The van der Waals surface area contributed by atoms with Gasteiger partial charge in [0.2, 0.25) is 0 Å². The van der Waals surface area contributed by atoms with E-state index in [1.54, 1.807) is 11.8 Å². The maximum atomic E-state index is 14.1. The van der Waals surface area contributed by atoms with Crippen molar-refractivity contribution in [3.63, 3.8) is 0 Å². The Morgan fingerprint density at radius 3 is 2.46 bits per heavy atom. The summed E-state index contributed by atoms with van der Waals surface area (Å²) in [4.78, 5) is 23.2. The van der Waals surface area contributed by atoms with E-state index in [2.05, 4.69) is 0 Å². The van der Waals surface area contributed by atoms with Crippen LogP contribution in [-0.4, -0.2) is 30.6 Å². The van der Waals surface area contributed by atoms with Gasteiger partial charge in [-0.25, -0.2) is 8.78 Å². The van der Waals surface area contributed by atoms with Gasteiger partial charge < -0.3 is 9.64 Å². The molecule has 1 saturated heterocycles. The number of hydrogen-bond acceptors (Lipinski definition) is 5. The number of benzene rings is 1. The molecule has 3 rings (SSSR count). The summed E-state index contributed by atoms with van der Waals surface area (Å²) in [6, 6.07) is 1.47. The van der Waals surface area contributed by atoms with Gasteiger partial charge >= 0.3 is 5.97 Å². The third-order valence-corrected chi connectivity index (χ3v) is 5.05. The van der Waals surface area contributed by atoms with Crippen LogP contribution < -0.4 is 4.90 Å². The molecule has 1 unspecified atom stereocenters. The van der Waals surface area contributed by atoms with E-state index in [0.29, 0.717) is 32.5 Å². The number of carbonyl (C=O) groups excluding carboxylic acids is 1. The molecule has 1 aliphatic heterocycles. The topological polar surface area (TPSA) is 72.7 Å². The van der Waals surface area contributed by atoms with Gasteiger partial charge in [0.05, 0.1) is 29.6 Å². The lowest BCUT2D eigenvalue weighted by molar-refractivity contribution is -0.385. The van der Waals surface area contributed by atoms with Gasteiger partial charge in [0.25, 0.3) is 5.69 Å². The Labute approximate surface area is 137 Å². The second-order valence-electron chi connectivity index (χ2n) is 6.37. The quantitative estimate of drug-likeness (QED) is 0.478. The highest BCUT2D eigenvalue weighted by Gasteiger charge is 2.59. The Morgan fingerprint density at radius 2 is 1.96 bits per heavy atom. The minimum atomic E-state index is -0.935. The molecule has 1 spiro atoms. The van der Waals surface area contributed by atoms with Gasteiger partial charge in [-0.3, -0.25) is 14.9 Å². The van der Waals surface area contributed by atoms with Crippen LogP contribution in [0.3, 0.4) is 0 Å². The third-order valence-electron chi connectivity index (χ3n) is 5.05. The normalized spacial score (nSPS) is 21.6. The predicted octanol–water partition coefficient (Wildman–Crippen LogP) is 3.04. The van der Waals surface area contributed by atoms with Crippen molar-refractivity contribution in [2.45, 2.75) is 26.2 Å². The lowest BCUT2D eigenvalue weighted by Crippen LogP contribution is -2.37. The number of nitrogens with zero attached hydrogens (tertiary/aromatic N) is 2. The largest absolute Gasteiger partial charge is 0.466 e. The molecule has 2 fully saturated rings. The monoisotopic (exact) mass is 340 g/mol. The summed E-state index contributed by atoms with van der Waals surface area (Å²) < 4.78 is 33.3. The Balaban J connectivity index is 1.70. The van der Waals surface area contributed by atoms with Crippen molar-refractivity contribution >= 4 is 17.3 Å². The van der Waals surface area contributed by atoms with Crippen molar-refractivity contribution in [2.75, 3.05) is 24.6 Å².